The van der Waals surface area contributed by atoms with Gasteiger partial charge in [0.25, 0.3) is 0 Å². The van der Waals surface area contributed by atoms with Crippen molar-refractivity contribution in [2.45, 2.75) is 42.9 Å². The van der Waals surface area contributed by atoms with E-state index in [1.807, 2.05) is 18.2 Å². The van der Waals surface area contributed by atoms with Gasteiger partial charge in [0.15, 0.2) is 0 Å². The van der Waals surface area contributed by atoms with Gasteiger partial charge in [-0.05, 0) is 0 Å². The van der Waals surface area contributed by atoms with Crippen LogP contribution in [0, 0.1) is 5.92 Å². The van der Waals surface area contributed by atoms with Crippen molar-refractivity contribution in [1.29, 1.82) is 0 Å². The molecule has 1 aliphatic carbocycles. The van der Waals surface area contributed by atoms with Crippen molar-refractivity contribution in [2.75, 3.05) is 7.11 Å². The van der Waals surface area contributed by atoms with Gasteiger partial charge in [-0.1, -0.05) is 0 Å². The van der Waals surface area contributed by atoms with Crippen LogP contribution in [0.15, 0.2) is 24.4 Å². The monoisotopic (exact) mass is 360 g/mol. The number of aliphatic hydroxyl groups excluding tert-OH is 1. The summed E-state index contributed by atoms with van der Waals surface area (Å²) < 4.78 is 5.95. The molecule has 0 aliphatic heterocycles. The van der Waals surface area contributed by atoms with E-state index in [-0.39, 0.29) is 6.10 Å². The van der Waals surface area contributed by atoms with Crippen LogP contribution >= 0.6 is 0 Å². The van der Waals surface area contributed by atoms with Gasteiger partial charge in [-0.25, -0.2) is 0 Å². The number of nitrogens with zero attached hydrogens (tertiary/aromatic N) is 2. The fraction of sp³-hybridized carbons (Fsp3) is 0.529. The molecule has 116 valence electrons. The number of aromatic nitrogens is 2. The zero-order valence-corrected chi connectivity index (χ0v) is 14.7. The van der Waals surface area contributed by atoms with Crippen molar-refractivity contribution < 1.29 is 9.84 Å². The maximum absolute atomic E-state index is 10.6. The quantitative estimate of drug-likeness (QED) is 0.852. The van der Waals surface area contributed by atoms with Crippen LogP contribution in [0.5, 0.6) is 5.88 Å². The first-order valence-electron chi connectivity index (χ1n) is 7.82. The number of aliphatic hydroxyl groups is 1. The minimum absolute atomic E-state index is 0.307. The standard InChI is InChI=1S/C17H21AsN2O2/c1-22-16-7-6-14-17(20-16)12(8-9-19-14)10-15(21)11-2-4-13(18)5-3-11/h6-9,11,13,15,21H,2-5,10H2,1H3. The van der Waals surface area contributed by atoms with Gasteiger partial charge in [0.1, 0.15) is 0 Å². The van der Waals surface area contributed by atoms with E-state index in [0.29, 0.717) is 18.2 Å². The zero-order valence-electron chi connectivity index (χ0n) is 12.8. The molecule has 1 N–H and O–H groups in total. The summed E-state index contributed by atoms with van der Waals surface area (Å²) in [6.07, 6.45) is 6.74. The molecule has 4 nitrogen and oxygen atoms in total. The molecule has 1 aliphatic rings. The van der Waals surface area contributed by atoms with Gasteiger partial charge in [0, 0.05) is 0 Å². The second-order valence-electron chi connectivity index (χ2n) is 6.03. The van der Waals surface area contributed by atoms with Gasteiger partial charge in [-0.3, -0.25) is 0 Å². The van der Waals surface area contributed by atoms with Crippen molar-refractivity contribution in [3.05, 3.63) is 30.0 Å². The second-order valence-corrected chi connectivity index (χ2v) is 7.56. The molecule has 2 aromatic heterocycles. The third kappa shape index (κ3) is 3.44. The van der Waals surface area contributed by atoms with Gasteiger partial charge in [0.05, 0.1) is 0 Å². The summed E-state index contributed by atoms with van der Waals surface area (Å²) in [6, 6.07) is 5.69. The van der Waals surface area contributed by atoms with Gasteiger partial charge in [-0.2, -0.15) is 0 Å². The Bertz CT molecular complexity index is 642. The molecular weight excluding hydrogens is 339 g/mol. The molecule has 1 fully saturated rings. The molecule has 1 atom stereocenters. The summed E-state index contributed by atoms with van der Waals surface area (Å²) in [5, 5.41) is 10.6. The first-order valence-corrected chi connectivity index (χ1v) is 8.90. The predicted octanol–water partition coefficient (Wildman–Crippen LogP) is 2.69. The third-order valence-electron chi connectivity index (χ3n) is 4.57. The van der Waals surface area contributed by atoms with Crippen LogP contribution in [0.2, 0.25) is 4.71 Å². The molecule has 0 bridgehead atoms. The SMILES string of the molecule is COc1ccc2nccc(CC(O)C3CCC([As])CC3)c2n1. The van der Waals surface area contributed by atoms with E-state index in [2.05, 4.69) is 26.8 Å². The minimum atomic E-state index is -0.307. The van der Waals surface area contributed by atoms with E-state index in [0.717, 1.165) is 34.1 Å². The Kier molecular flexibility index (Phi) is 4.99. The van der Waals surface area contributed by atoms with Gasteiger partial charge in [-0.15, -0.1) is 0 Å². The number of methoxy groups -OCH3 is 1. The van der Waals surface area contributed by atoms with Crippen molar-refractivity contribution >= 4 is 27.9 Å². The molecule has 2 aromatic rings. The summed E-state index contributed by atoms with van der Waals surface area (Å²) >= 11 is 2.76. The zero-order chi connectivity index (χ0) is 15.5. The summed E-state index contributed by atoms with van der Waals surface area (Å²) in [4.78, 5) is 8.85. The average molecular weight is 360 g/mol. The van der Waals surface area contributed by atoms with Crippen molar-refractivity contribution in [3.63, 3.8) is 0 Å². The molecule has 1 unspecified atom stereocenters. The summed E-state index contributed by atoms with van der Waals surface area (Å²) in [5.74, 6) is 0.981. The maximum atomic E-state index is 10.6. The third-order valence-corrected chi connectivity index (χ3v) is 5.65. The molecule has 2 heterocycles. The molecule has 3 rings (SSSR count). The number of rotatable bonds is 4. The molecule has 5 heteroatoms. The van der Waals surface area contributed by atoms with E-state index in [1.54, 1.807) is 13.3 Å². The topological polar surface area (TPSA) is 55.2 Å². The van der Waals surface area contributed by atoms with Crippen LogP contribution in [0.4, 0.5) is 0 Å². The van der Waals surface area contributed by atoms with Crippen LogP contribution in [0.1, 0.15) is 31.2 Å². The number of fused-ring (bicyclic) bond motifs is 1. The Hall–Kier alpha value is -1.12. The first kappa shape index (κ1) is 15.8. The van der Waals surface area contributed by atoms with Crippen LogP contribution in [-0.2, 0) is 6.42 Å². The van der Waals surface area contributed by atoms with Crippen molar-refractivity contribution in [2.24, 2.45) is 5.92 Å². The normalized spacial score (nSPS) is 23.4. The van der Waals surface area contributed by atoms with Crippen molar-refractivity contribution in [3.8, 4) is 5.88 Å². The number of hydrogen-bond donors (Lipinski definition) is 1. The summed E-state index contributed by atoms with van der Waals surface area (Å²) in [6.45, 7) is 0. The average Bonchev–Trinajstić information content (AvgIpc) is 2.55. The van der Waals surface area contributed by atoms with Gasteiger partial charge in [0.2, 0.25) is 0 Å². The van der Waals surface area contributed by atoms with Crippen LogP contribution in [-0.4, -0.2) is 45.1 Å². The van der Waals surface area contributed by atoms with E-state index in [9.17, 15) is 5.11 Å². The van der Waals surface area contributed by atoms with E-state index >= 15 is 0 Å². The Balaban J connectivity index is 1.80. The van der Waals surface area contributed by atoms with Gasteiger partial charge < -0.3 is 0 Å². The number of ether oxygens (including phenoxy) is 1. The molecule has 0 spiro atoms. The summed E-state index contributed by atoms with van der Waals surface area (Å²) in [7, 11) is 1.61. The molecular formula is C17H21AsN2O2. The predicted molar refractivity (Wildman–Crippen MR) is 87.3 cm³/mol. The Morgan fingerprint density at radius 2 is 2.05 bits per heavy atom. The number of hydrogen-bond acceptors (Lipinski definition) is 4. The fourth-order valence-electron chi connectivity index (χ4n) is 3.22. The van der Waals surface area contributed by atoms with E-state index in [1.165, 1.54) is 12.8 Å². The fourth-order valence-corrected chi connectivity index (χ4v) is 3.84. The summed E-state index contributed by atoms with van der Waals surface area (Å²) in [5.41, 5.74) is 2.73. The molecule has 2 radical (unpaired) electrons. The van der Waals surface area contributed by atoms with Gasteiger partial charge >= 0.3 is 139 Å². The van der Waals surface area contributed by atoms with E-state index in [4.69, 9.17) is 4.74 Å². The van der Waals surface area contributed by atoms with Crippen LogP contribution < -0.4 is 4.74 Å². The number of pyridine rings is 2. The Labute approximate surface area is 139 Å². The molecule has 0 amide bonds. The van der Waals surface area contributed by atoms with Crippen molar-refractivity contribution in [1.82, 2.24) is 9.97 Å². The van der Waals surface area contributed by atoms with Crippen LogP contribution in [0.25, 0.3) is 11.0 Å². The Morgan fingerprint density at radius 3 is 2.77 bits per heavy atom. The molecule has 0 saturated heterocycles. The molecule has 1 saturated carbocycles. The second kappa shape index (κ2) is 6.97. The molecule has 0 aromatic carbocycles. The first-order chi connectivity index (χ1) is 10.7. The van der Waals surface area contributed by atoms with Crippen LogP contribution in [0.3, 0.4) is 0 Å². The Morgan fingerprint density at radius 1 is 1.27 bits per heavy atom. The molecule has 22 heavy (non-hydrogen) atoms. The van der Waals surface area contributed by atoms with E-state index < -0.39 is 0 Å².